The highest BCUT2D eigenvalue weighted by molar-refractivity contribution is 9.11. The van der Waals surface area contributed by atoms with Gasteiger partial charge in [0.25, 0.3) is 0 Å². The second-order valence-corrected chi connectivity index (χ2v) is 5.31. The average Bonchev–Trinajstić information content (AvgIpc) is 2.32. The van der Waals surface area contributed by atoms with Crippen LogP contribution in [0.5, 0.6) is 5.75 Å². The molecule has 0 saturated carbocycles. The molecule has 0 amide bonds. The second kappa shape index (κ2) is 5.56. The Bertz CT molecular complexity index is 516. The third-order valence-electron chi connectivity index (χ3n) is 2.41. The van der Waals surface area contributed by atoms with Gasteiger partial charge in [-0.1, -0.05) is 30.3 Å². The third-order valence-corrected chi connectivity index (χ3v) is 3.72. The van der Waals surface area contributed by atoms with Crippen molar-refractivity contribution < 1.29 is 5.11 Å². The number of phenolic OH excluding ortho intramolecular Hbond substituents is 1. The van der Waals surface area contributed by atoms with Crippen LogP contribution in [0.15, 0.2) is 53.0 Å². The van der Waals surface area contributed by atoms with Crippen LogP contribution in [-0.2, 0) is 6.54 Å². The Morgan fingerprint density at radius 3 is 2.35 bits per heavy atom. The zero-order valence-electron chi connectivity index (χ0n) is 8.98. The number of anilines is 1. The van der Waals surface area contributed by atoms with Crippen LogP contribution in [0.3, 0.4) is 0 Å². The van der Waals surface area contributed by atoms with E-state index in [-0.39, 0.29) is 0 Å². The molecule has 0 aliphatic heterocycles. The molecule has 0 radical (unpaired) electrons. The van der Waals surface area contributed by atoms with Gasteiger partial charge in [-0.15, -0.1) is 0 Å². The SMILES string of the molecule is Oc1ccccc1CN(Br)c1ccccc1Br. The molecular weight excluding hydrogens is 346 g/mol. The zero-order valence-corrected chi connectivity index (χ0v) is 12.1. The first kappa shape index (κ1) is 12.5. The summed E-state index contributed by atoms with van der Waals surface area (Å²) >= 11 is 6.99. The van der Waals surface area contributed by atoms with Gasteiger partial charge in [0.15, 0.2) is 0 Å². The van der Waals surface area contributed by atoms with E-state index >= 15 is 0 Å². The van der Waals surface area contributed by atoms with Gasteiger partial charge in [-0.25, -0.2) is 0 Å². The smallest absolute Gasteiger partial charge is 0.120 e. The minimum Gasteiger partial charge on any atom is -0.508 e. The molecule has 0 unspecified atom stereocenters. The predicted molar refractivity (Wildman–Crippen MR) is 77.4 cm³/mol. The molecule has 2 aromatic rings. The monoisotopic (exact) mass is 355 g/mol. The molecule has 0 saturated heterocycles. The summed E-state index contributed by atoms with van der Waals surface area (Å²) in [4.78, 5) is 0. The molecular formula is C13H11Br2NO. The first-order valence-corrected chi connectivity index (χ1v) is 6.63. The van der Waals surface area contributed by atoms with Crippen molar-refractivity contribution in [3.8, 4) is 5.75 Å². The molecule has 0 fully saturated rings. The van der Waals surface area contributed by atoms with Crippen molar-refractivity contribution in [3.05, 3.63) is 58.6 Å². The van der Waals surface area contributed by atoms with Gasteiger partial charge >= 0.3 is 0 Å². The fourth-order valence-electron chi connectivity index (χ4n) is 1.53. The van der Waals surface area contributed by atoms with E-state index in [0.29, 0.717) is 12.3 Å². The largest absolute Gasteiger partial charge is 0.508 e. The molecule has 1 N–H and O–H groups in total. The number of para-hydroxylation sites is 2. The summed E-state index contributed by atoms with van der Waals surface area (Å²) in [5.74, 6) is 0.309. The summed E-state index contributed by atoms with van der Waals surface area (Å²) in [6.45, 7) is 0.593. The van der Waals surface area contributed by atoms with E-state index in [1.165, 1.54) is 0 Å². The fraction of sp³-hybridized carbons (Fsp3) is 0.0769. The molecule has 2 aromatic carbocycles. The van der Waals surface area contributed by atoms with E-state index in [0.717, 1.165) is 15.7 Å². The second-order valence-electron chi connectivity index (χ2n) is 3.60. The number of aromatic hydroxyl groups is 1. The summed E-state index contributed by atoms with van der Waals surface area (Å²) in [5, 5.41) is 9.72. The summed E-state index contributed by atoms with van der Waals surface area (Å²) in [6.07, 6.45) is 0. The molecule has 2 nitrogen and oxygen atoms in total. The van der Waals surface area contributed by atoms with Crippen LogP contribution >= 0.6 is 32.1 Å². The van der Waals surface area contributed by atoms with Crippen LogP contribution in [0.25, 0.3) is 0 Å². The average molecular weight is 357 g/mol. The highest BCUT2D eigenvalue weighted by Crippen LogP contribution is 2.30. The molecule has 88 valence electrons. The molecule has 0 aromatic heterocycles. The van der Waals surface area contributed by atoms with Crippen LogP contribution in [0.4, 0.5) is 5.69 Å². The van der Waals surface area contributed by atoms with E-state index in [1.807, 2.05) is 46.4 Å². The summed E-state index contributed by atoms with van der Waals surface area (Å²) in [5.41, 5.74) is 1.90. The van der Waals surface area contributed by atoms with Gasteiger partial charge in [-0.2, -0.15) is 0 Å². The number of benzene rings is 2. The molecule has 4 heteroatoms. The lowest BCUT2D eigenvalue weighted by Crippen LogP contribution is -2.09. The van der Waals surface area contributed by atoms with Crippen molar-refractivity contribution in [3.63, 3.8) is 0 Å². The highest BCUT2D eigenvalue weighted by atomic mass is 79.9. The number of hydrogen-bond acceptors (Lipinski definition) is 2. The molecule has 0 aliphatic carbocycles. The Labute approximate surface area is 117 Å². The van der Waals surface area contributed by atoms with Gasteiger partial charge in [0.05, 0.1) is 28.4 Å². The Balaban J connectivity index is 2.20. The number of phenols is 1. The zero-order chi connectivity index (χ0) is 12.3. The third kappa shape index (κ3) is 3.01. The lowest BCUT2D eigenvalue weighted by molar-refractivity contribution is 0.468. The van der Waals surface area contributed by atoms with Crippen molar-refractivity contribution >= 4 is 37.8 Å². The topological polar surface area (TPSA) is 23.5 Å². The van der Waals surface area contributed by atoms with Gasteiger partial charge < -0.3 is 9.03 Å². The molecule has 2 rings (SSSR count). The van der Waals surface area contributed by atoms with Gasteiger partial charge in [0.2, 0.25) is 0 Å². The first-order valence-electron chi connectivity index (χ1n) is 5.13. The van der Waals surface area contributed by atoms with Crippen LogP contribution in [0, 0.1) is 0 Å². The minimum absolute atomic E-state index is 0.309. The van der Waals surface area contributed by atoms with E-state index in [1.54, 1.807) is 6.07 Å². The molecule has 0 heterocycles. The van der Waals surface area contributed by atoms with Crippen LogP contribution < -0.4 is 3.93 Å². The molecule has 0 aliphatic rings. The van der Waals surface area contributed by atoms with Crippen LogP contribution in [-0.4, -0.2) is 5.11 Å². The van der Waals surface area contributed by atoms with Gasteiger partial charge in [-0.05, 0) is 34.1 Å². The molecule has 17 heavy (non-hydrogen) atoms. The number of nitrogens with zero attached hydrogens (tertiary/aromatic N) is 1. The Hall–Kier alpha value is -1.00. The van der Waals surface area contributed by atoms with Crippen molar-refractivity contribution in [2.24, 2.45) is 0 Å². The maximum absolute atomic E-state index is 9.72. The fourth-order valence-corrected chi connectivity index (χ4v) is 2.84. The Kier molecular flexibility index (Phi) is 4.07. The number of halogens is 2. The van der Waals surface area contributed by atoms with Crippen LogP contribution in [0.1, 0.15) is 5.56 Å². The normalized spacial score (nSPS) is 10.2. The number of rotatable bonds is 3. The van der Waals surface area contributed by atoms with Gasteiger partial charge in [0.1, 0.15) is 5.75 Å². The van der Waals surface area contributed by atoms with Crippen molar-refractivity contribution in [1.29, 1.82) is 0 Å². The molecule has 0 bridgehead atoms. The Morgan fingerprint density at radius 1 is 1.00 bits per heavy atom. The van der Waals surface area contributed by atoms with E-state index in [9.17, 15) is 5.11 Å². The molecule has 0 atom stereocenters. The highest BCUT2D eigenvalue weighted by Gasteiger charge is 2.09. The lowest BCUT2D eigenvalue weighted by Gasteiger charge is -2.18. The van der Waals surface area contributed by atoms with E-state index in [2.05, 4.69) is 32.1 Å². The standard InChI is InChI=1S/C13H11Br2NO/c14-11-6-2-3-7-12(11)16(15)9-10-5-1-4-8-13(10)17/h1-8,17H,9H2. The van der Waals surface area contributed by atoms with Crippen molar-refractivity contribution in [2.45, 2.75) is 6.54 Å². The minimum atomic E-state index is 0.309. The Morgan fingerprint density at radius 2 is 1.65 bits per heavy atom. The summed E-state index contributed by atoms with van der Waals surface area (Å²) in [6, 6.07) is 15.2. The predicted octanol–water partition coefficient (Wildman–Crippen LogP) is 4.47. The summed E-state index contributed by atoms with van der Waals surface area (Å²) in [7, 11) is 0. The maximum atomic E-state index is 9.72. The van der Waals surface area contributed by atoms with E-state index < -0.39 is 0 Å². The molecule has 0 spiro atoms. The van der Waals surface area contributed by atoms with Crippen LogP contribution in [0.2, 0.25) is 0 Å². The lowest BCUT2D eigenvalue weighted by atomic mass is 10.2. The van der Waals surface area contributed by atoms with Crippen molar-refractivity contribution in [1.82, 2.24) is 0 Å². The van der Waals surface area contributed by atoms with Gasteiger partial charge in [0, 0.05) is 10.0 Å². The first-order chi connectivity index (χ1) is 8.18. The maximum Gasteiger partial charge on any atom is 0.120 e. The van der Waals surface area contributed by atoms with Crippen molar-refractivity contribution in [2.75, 3.05) is 3.93 Å². The quantitative estimate of drug-likeness (QED) is 0.820. The number of hydrogen-bond donors (Lipinski definition) is 1. The van der Waals surface area contributed by atoms with Gasteiger partial charge in [-0.3, -0.25) is 0 Å². The summed E-state index contributed by atoms with van der Waals surface area (Å²) < 4.78 is 2.92. The van der Waals surface area contributed by atoms with E-state index in [4.69, 9.17) is 0 Å².